The van der Waals surface area contributed by atoms with Crippen LogP contribution in [0.5, 0.6) is 0 Å². The van der Waals surface area contributed by atoms with Crippen molar-refractivity contribution < 1.29 is 39.0 Å². The van der Waals surface area contributed by atoms with E-state index in [0.717, 1.165) is 0 Å². The lowest BCUT2D eigenvalue weighted by Gasteiger charge is -2.29. The average molecular weight is 316 g/mol. The van der Waals surface area contributed by atoms with Crippen LogP contribution in [0.2, 0.25) is 0 Å². The van der Waals surface area contributed by atoms with Crippen LogP contribution in [0.3, 0.4) is 0 Å². The summed E-state index contributed by atoms with van der Waals surface area (Å²) in [4.78, 5) is 51.8. The van der Waals surface area contributed by atoms with Crippen LogP contribution in [0.1, 0.15) is 12.8 Å². The summed E-state index contributed by atoms with van der Waals surface area (Å²) in [5.74, 6) is -3.75. The van der Waals surface area contributed by atoms with Gasteiger partial charge in [0.15, 0.2) is 12.2 Å². The molecule has 0 aliphatic carbocycles. The van der Waals surface area contributed by atoms with E-state index in [2.05, 4.69) is 4.84 Å². The number of amides is 3. The third-order valence-electron chi connectivity index (χ3n) is 3.30. The van der Waals surface area contributed by atoms with Gasteiger partial charge in [-0.2, -0.15) is 0 Å². The van der Waals surface area contributed by atoms with Crippen molar-refractivity contribution in [1.29, 1.82) is 0 Å². The lowest BCUT2D eigenvalue weighted by Crippen LogP contribution is -2.52. The summed E-state index contributed by atoms with van der Waals surface area (Å²) in [6.07, 6.45) is -4.44. The first kappa shape index (κ1) is 16.3. The number of imide groups is 1. The molecule has 10 heteroatoms. The van der Waals surface area contributed by atoms with Gasteiger partial charge in [0, 0.05) is 25.9 Å². The van der Waals surface area contributed by atoms with E-state index in [1.165, 1.54) is 4.90 Å². The largest absolute Gasteiger partial charge is 0.380 e. The van der Waals surface area contributed by atoms with Crippen LogP contribution < -0.4 is 0 Å². The zero-order valence-electron chi connectivity index (χ0n) is 11.6. The van der Waals surface area contributed by atoms with Crippen LogP contribution in [0.25, 0.3) is 0 Å². The van der Waals surface area contributed by atoms with Crippen molar-refractivity contribution in [3.8, 4) is 0 Å². The first-order valence-electron chi connectivity index (χ1n) is 6.72. The third kappa shape index (κ3) is 3.40. The number of nitrogens with zero attached hydrogens (tertiary/aromatic N) is 2. The van der Waals surface area contributed by atoms with Crippen LogP contribution in [-0.2, 0) is 28.8 Å². The van der Waals surface area contributed by atoms with Gasteiger partial charge in [0.2, 0.25) is 0 Å². The van der Waals surface area contributed by atoms with Gasteiger partial charge < -0.3 is 24.7 Å². The summed E-state index contributed by atoms with van der Waals surface area (Å²) in [5, 5.41) is 19.6. The summed E-state index contributed by atoms with van der Waals surface area (Å²) in [5.41, 5.74) is 0. The van der Waals surface area contributed by atoms with Gasteiger partial charge >= 0.3 is 5.97 Å². The van der Waals surface area contributed by atoms with Crippen molar-refractivity contribution in [1.82, 2.24) is 9.96 Å². The van der Waals surface area contributed by atoms with Gasteiger partial charge in [0.25, 0.3) is 17.7 Å². The maximum absolute atomic E-state index is 11.9. The van der Waals surface area contributed by atoms with Crippen molar-refractivity contribution in [2.75, 3.05) is 26.3 Å². The van der Waals surface area contributed by atoms with Gasteiger partial charge in [-0.05, 0) is 0 Å². The molecule has 0 radical (unpaired) electrons. The first-order chi connectivity index (χ1) is 10.4. The molecule has 122 valence electrons. The van der Waals surface area contributed by atoms with Crippen LogP contribution in [0.4, 0.5) is 0 Å². The number of rotatable bonds is 4. The second-order valence-corrected chi connectivity index (χ2v) is 4.82. The van der Waals surface area contributed by atoms with Gasteiger partial charge in [-0.15, -0.1) is 5.06 Å². The molecule has 0 saturated carbocycles. The summed E-state index contributed by atoms with van der Waals surface area (Å²) in [6, 6.07) is 0. The highest BCUT2D eigenvalue weighted by Gasteiger charge is 2.39. The molecule has 0 spiro atoms. The van der Waals surface area contributed by atoms with Gasteiger partial charge in [-0.25, -0.2) is 4.79 Å². The number of morpholine rings is 1. The minimum Gasteiger partial charge on any atom is -0.380 e. The monoisotopic (exact) mass is 316 g/mol. The normalized spacial score (nSPS) is 21.7. The summed E-state index contributed by atoms with van der Waals surface area (Å²) < 4.78 is 5.04. The summed E-state index contributed by atoms with van der Waals surface area (Å²) >= 11 is 0. The standard InChI is InChI=1S/C12H16N2O8/c15-7-1-2-8(16)14(7)22-12(20)10(18)9(17)11(19)13-3-5-21-6-4-13/h9-10,17-18H,1-6H2. The van der Waals surface area contributed by atoms with E-state index in [4.69, 9.17) is 4.74 Å². The number of carbonyl (C=O) groups excluding carboxylic acids is 4. The predicted octanol–water partition coefficient (Wildman–Crippen LogP) is -2.83. The number of aliphatic hydroxyl groups is 2. The zero-order valence-corrected chi connectivity index (χ0v) is 11.6. The summed E-state index contributed by atoms with van der Waals surface area (Å²) in [6.45, 7) is 1.02. The van der Waals surface area contributed by atoms with Crippen molar-refractivity contribution in [2.24, 2.45) is 0 Å². The van der Waals surface area contributed by atoms with Crippen molar-refractivity contribution in [3.05, 3.63) is 0 Å². The van der Waals surface area contributed by atoms with Gasteiger partial charge in [-0.3, -0.25) is 14.4 Å². The molecular formula is C12H16N2O8. The Morgan fingerprint density at radius 3 is 2.14 bits per heavy atom. The Kier molecular flexibility index (Phi) is 5.06. The number of hydrogen-bond donors (Lipinski definition) is 2. The van der Waals surface area contributed by atoms with Crippen molar-refractivity contribution >= 4 is 23.7 Å². The van der Waals surface area contributed by atoms with Gasteiger partial charge in [-0.1, -0.05) is 0 Å². The Bertz CT molecular complexity index is 472. The van der Waals surface area contributed by atoms with Gasteiger partial charge in [0.1, 0.15) is 0 Å². The predicted molar refractivity (Wildman–Crippen MR) is 66.6 cm³/mol. The van der Waals surface area contributed by atoms with E-state index in [0.29, 0.717) is 0 Å². The second-order valence-electron chi connectivity index (χ2n) is 4.82. The molecule has 2 aliphatic rings. The minimum absolute atomic E-state index is 0.0997. The smallest absolute Gasteiger partial charge is 0.364 e. The van der Waals surface area contributed by atoms with Crippen LogP contribution in [-0.4, -0.2) is 82.4 Å². The molecule has 0 bridgehead atoms. The molecule has 2 unspecified atom stereocenters. The number of aliphatic hydroxyl groups excluding tert-OH is 2. The third-order valence-corrected chi connectivity index (χ3v) is 3.30. The SMILES string of the molecule is O=C(ON1C(=O)CCC1=O)C(O)C(O)C(=O)N1CCOCC1. The number of hydroxylamine groups is 2. The van der Waals surface area contributed by atoms with Crippen LogP contribution >= 0.6 is 0 Å². The molecule has 2 heterocycles. The molecule has 2 saturated heterocycles. The highest BCUT2D eigenvalue weighted by Crippen LogP contribution is 2.14. The molecule has 2 atom stereocenters. The van der Waals surface area contributed by atoms with Crippen molar-refractivity contribution in [3.63, 3.8) is 0 Å². The number of ether oxygens (including phenoxy) is 1. The molecule has 2 aliphatic heterocycles. The highest BCUT2D eigenvalue weighted by molar-refractivity contribution is 6.02. The lowest BCUT2D eigenvalue weighted by molar-refractivity contribution is -0.207. The zero-order chi connectivity index (χ0) is 16.3. The van der Waals surface area contributed by atoms with Crippen LogP contribution in [0.15, 0.2) is 0 Å². The second kappa shape index (κ2) is 6.81. The Balaban J connectivity index is 1.92. The van der Waals surface area contributed by atoms with Crippen molar-refractivity contribution in [2.45, 2.75) is 25.0 Å². The van der Waals surface area contributed by atoms with Crippen LogP contribution in [0, 0.1) is 0 Å². The summed E-state index contributed by atoms with van der Waals surface area (Å²) in [7, 11) is 0. The van der Waals surface area contributed by atoms with E-state index < -0.39 is 35.9 Å². The molecule has 0 aromatic heterocycles. The Labute approximate surface area is 125 Å². The van der Waals surface area contributed by atoms with E-state index in [1.807, 2.05) is 0 Å². The number of hydrogen-bond acceptors (Lipinski definition) is 8. The fraction of sp³-hybridized carbons (Fsp3) is 0.667. The maximum atomic E-state index is 11.9. The number of carbonyl (C=O) groups is 4. The Hall–Kier alpha value is -2.04. The topological polar surface area (TPSA) is 134 Å². The van der Waals surface area contributed by atoms with E-state index in [-0.39, 0.29) is 44.2 Å². The molecule has 2 N–H and O–H groups in total. The molecule has 3 amide bonds. The average Bonchev–Trinajstić information content (AvgIpc) is 2.85. The molecule has 2 fully saturated rings. The molecule has 2 rings (SSSR count). The molecular weight excluding hydrogens is 300 g/mol. The quantitative estimate of drug-likeness (QED) is 0.530. The molecule has 0 aromatic carbocycles. The maximum Gasteiger partial charge on any atom is 0.364 e. The van der Waals surface area contributed by atoms with E-state index in [9.17, 15) is 29.4 Å². The molecule has 22 heavy (non-hydrogen) atoms. The highest BCUT2D eigenvalue weighted by atomic mass is 16.7. The molecule has 0 aromatic rings. The fourth-order valence-corrected chi connectivity index (χ4v) is 2.04. The minimum atomic E-state index is -2.20. The molecule has 10 nitrogen and oxygen atoms in total. The van der Waals surface area contributed by atoms with E-state index >= 15 is 0 Å². The Morgan fingerprint density at radius 1 is 1.05 bits per heavy atom. The van der Waals surface area contributed by atoms with Gasteiger partial charge in [0.05, 0.1) is 13.2 Å². The lowest BCUT2D eigenvalue weighted by atomic mass is 10.1. The van der Waals surface area contributed by atoms with E-state index in [1.54, 1.807) is 0 Å². The Morgan fingerprint density at radius 2 is 1.59 bits per heavy atom. The first-order valence-corrected chi connectivity index (χ1v) is 6.72. The fourth-order valence-electron chi connectivity index (χ4n) is 2.04.